The summed E-state index contributed by atoms with van der Waals surface area (Å²) in [5.41, 5.74) is 2.56. The average molecular weight is 408 g/mol. The highest BCUT2D eigenvalue weighted by Crippen LogP contribution is 2.27. The largest absolute Gasteiger partial charge is 0.462 e. The summed E-state index contributed by atoms with van der Waals surface area (Å²) < 4.78 is 6.92. The second kappa shape index (κ2) is 8.52. The van der Waals surface area contributed by atoms with Crippen LogP contribution in [0.3, 0.4) is 0 Å². The number of ether oxygens (including phenoxy) is 1. The van der Waals surface area contributed by atoms with Crippen molar-refractivity contribution in [2.24, 2.45) is 5.92 Å². The average Bonchev–Trinajstić information content (AvgIpc) is 3.16. The number of nitrogens with zero attached hydrogens (tertiary/aromatic N) is 4. The summed E-state index contributed by atoms with van der Waals surface area (Å²) in [6.45, 7) is 4.75. The number of fused-ring (bicyclic) bond motifs is 1. The fourth-order valence-electron chi connectivity index (χ4n) is 3.96. The summed E-state index contributed by atoms with van der Waals surface area (Å²) in [6, 6.07) is 12.4. The molecule has 0 radical (unpaired) electrons. The highest BCUT2D eigenvalue weighted by Gasteiger charge is 2.21. The topological polar surface area (TPSA) is 90.5 Å². The highest BCUT2D eigenvalue weighted by molar-refractivity contribution is 5.89. The molecule has 0 atom stereocenters. The van der Waals surface area contributed by atoms with Crippen LogP contribution >= 0.6 is 0 Å². The van der Waals surface area contributed by atoms with Crippen LogP contribution in [0.25, 0.3) is 10.9 Å². The molecule has 3 aromatic rings. The minimum Gasteiger partial charge on any atom is -0.462 e. The van der Waals surface area contributed by atoms with Gasteiger partial charge in [-0.15, -0.1) is 0 Å². The lowest BCUT2D eigenvalue weighted by Gasteiger charge is -2.33. The number of benzene rings is 2. The molecule has 0 bridgehead atoms. The van der Waals surface area contributed by atoms with E-state index >= 15 is 0 Å². The van der Waals surface area contributed by atoms with E-state index in [0.717, 1.165) is 49.1 Å². The molecule has 0 aliphatic carbocycles. The van der Waals surface area contributed by atoms with E-state index < -0.39 is 0 Å². The van der Waals surface area contributed by atoms with Crippen molar-refractivity contribution in [3.8, 4) is 0 Å². The van der Waals surface area contributed by atoms with E-state index in [1.54, 1.807) is 25.3 Å². The van der Waals surface area contributed by atoms with Crippen LogP contribution in [0.5, 0.6) is 0 Å². The maximum Gasteiger partial charge on any atom is 0.338 e. The summed E-state index contributed by atoms with van der Waals surface area (Å²) in [6.07, 6.45) is 3.78. The molecular weight excluding hydrogens is 384 g/mol. The Morgan fingerprint density at radius 2 is 1.93 bits per heavy atom. The first kappa shape index (κ1) is 19.9. The molecule has 1 aliphatic heterocycles. The summed E-state index contributed by atoms with van der Waals surface area (Å²) in [4.78, 5) is 24.8. The Bertz CT molecular complexity index is 1050. The van der Waals surface area contributed by atoms with Crippen molar-refractivity contribution in [2.75, 3.05) is 24.6 Å². The number of carbonyl (C=O) groups is 1. The fraction of sp³-hybridized carbons (Fsp3) is 0.364. The maximum atomic E-state index is 11.8. The molecule has 8 nitrogen and oxygen atoms in total. The standard InChI is InChI=1S/C22H24N4O4/c1-2-30-22(27)17-3-6-19(7-4-17)24-11-9-16(10-12-24)15-25-21-13-20(26(28)29)8-5-18(21)14-23-25/h3-8,13-14,16H,2,9-12,15H2,1H3. The van der Waals surface area contributed by atoms with Gasteiger partial charge in [-0.25, -0.2) is 4.79 Å². The van der Waals surface area contributed by atoms with Gasteiger partial charge in [0.05, 0.1) is 28.8 Å². The van der Waals surface area contributed by atoms with Crippen LogP contribution in [0, 0.1) is 16.0 Å². The van der Waals surface area contributed by atoms with Gasteiger partial charge in [-0.05, 0) is 56.0 Å². The van der Waals surface area contributed by atoms with Gasteiger partial charge in [0.25, 0.3) is 5.69 Å². The second-order valence-corrected chi connectivity index (χ2v) is 7.52. The van der Waals surface area contributed by atoms with Gasteiger partial charge < -0.3 is 9.64 Å². The molecule has 1 fully saturated rings. The lowest BCUT2D eigenvalue weighted by atomic mass is 9.96. The summed E-state index contributed by atoms with van der Waals surface area (Å²) in [5.74, 6) is 0.164. The van der Waals surface area contributed by atoms with E-state index in [2.05, 4.69) is 10.00 Å². The van der Waals surface area contributed by atoms with Gasteiger partial charge in [0.15, 0.2) is 0 Å². The quantitative estimate of drug-likeness (QED) is 0.347. The normalized spacial score (nSPS) is 14.8. The molecule has 8 heteroatoms. The number of hydrogen-bond acceptors (Lipinski definition) is 6. The van der Waals surface area contributed by atoms with Crippen LogP contribution in [0.4, 0.5) is 11.4 Å². The Hall–Kier alpha value is -3.42. The zero-order valence-corrected chi connectivity index (χ0v) is 16.9. The molecule has 0 amide bonds. The van der Waals surface area contributed by atoms with Crippen molar-refractivity contribution in [3.05, 3.63) is 64.3 Å². The first-order chi connectivity index (χ1) is 14.5. The Morgan fingerprint density at radius 3 is 2.60 bits per heavy atom. The van der Waals surface area contributed by atoms with Gasteiger partial charge >= 0.3 is 5.97 Å². The van der Waals surface area contributed by atoms with Crippen molar-refractivity contribution in [3.63, 3.8) is 0 Å². The van der Waals surface area contributed by atoms with Gasteiger partial charge in [0.2, 0.25) is 0 Å². The Kier molecular flexibility index (Phi) is 5.65. The summed E-state index contributed by atoms with van der Waals surface area (Å²) in [5, 5.41) is 16.4. The van der Waals surface area contributed by atoms with Crippen LogP contribution in [-0.2, 0) is 11.3 Å². The molecule has 0 saturated carbocycles. The van der Waals surface area contributed by atoms with E-state index in [1.807, 2.05) is 28.9 Å². The number of non-ortho nitro benzene ring substituents is 1. The highest BCUT2D eigenvalue weighted by atomic mass is 16.6. The van der Waals surface area contributed by atoms with Crippen LogP contribution in [-0.4, -0.2) is 40.4 Å². The number of piperidine rings is 1. The predicted octanol–water partition coefficient (Wildman–Crippen LogP) is 4.04. The van der Waals surface area contributed by atoms with Crippen molar-refractivity contribution in [1.29, 1.82) is 0 Å². The first-order valence-corrected chi connectivity index (χ1v) is 10.2. The third-order valence-electron chi connectivity index (χ3n) is 5.63. The molecule has 156 valence electrons. The number of rotatable bonds is 6. The number of nitro benzene ring substituents is 1. The molecule has 0 spiro atoms. The summed E-state index contributed by atoms with van der Waals surface area (Å²) >= 11 is 0. The Labute approximate surface area is 174 Å². The SMILES string of the molecule is CCOC(=O)c1ccc(N2CCC(Cn3ncc4ccc([N+](=O)[O-])cc43)CC2)cc1. The number of hydrogen-bond donors (Lipinski definition) is 0. The molecule has 2 heterocycles. The third kappa shape index (κ3) is 4.12. The monoisotopic (exact) mass is 408 g/mol. The Balaban J connectivity index is 1.38. The van der Waals surface area contributed by atoms with E-state index in [4.69, 9.17) is 4.74 Å². The van der Waals surface area contributed by atoms with Gasteiger partial charge in [0, 0.05) is 42.8 Å². The first-order valence-electron chi connectivity index (χ1n) is 10.2. The lowest BCUT2D eigenvalue weighted by molar-refractivity contribution is -0.384. The zero-order valence-electron chi connectivity index (χ0n) is 16.9. The summed E-state index contributed by atoms with van der Waals surface area (Å²) in [7, 11) is 0. The van der Waals surface area contributed by atoms with Gasteiger partial charge in [-0.3, -0.25) is 14.8 Å². The molecule has 0 N–H and O–H groups in total. The van der Waals surface area contributed by atoms with Gasteiger partial charge in [-0.2, -0.15) is 5.10 Å². The molecule has 1 saturated heterocycles. The van der Waals surface area contributed by atoms with Gasteiger partial charge in [-0.1, -0.05) is 0 Å². The van der Waals surface area contributed by atoms with E-state index in [1.165, 1.54) is 6.07 Å². The number of carbonyl (C=O) groups excluding carboxylic acids is 1. The second-order valence-electron chi connectivity index (χ2n) is 7.52. The smallest absolute Gasteiger partial charge is 0.338 e. The van der Waals surface area contributed by atoms with Crippen molar-refractivity contribution in [1.82, 2.24) is 9.78 Å². The molecule has 2 aromatic carbocycles. The number of aromatic nitrogens is 2. The zero-order chi connectivity index (χ0) is 21.1. The minimum atomic E-state index is -0.373. The number of nitro groups is 1. The number of anilines is 1. The lowest BCUT2D eigenvalue weighted by Crippen LogP contribution is -2.35. The van der Waals surface area contributed by atoms with Gasteiger partial charge in [0.1, 0.15) is 0 Å². The van der Waals surface area contributed by atoms with E-state index in [9.17, 15) is 14.9 Å². The fourth-order valence-corrected chi connectivity index (χ4v) is 3.96. The van der Waals surface area contributed by atoms with Crippen LogP contribution in [0.15, 0.2) is 48.7 Å². The molecule has 0 unspecified atom stereocenters. The molecule has 1 aromatic heterocycles. The van der Waals surface area contributed by atoms with Crippen molar-refractivity contribution < 1.29 is 14.5 Å². The predicted molar refractivity (Wildman–Crippen MR) is 114 cm³/mol. The minimum absolute atomic E-state index is 0.0883. The number of esters is 1. The maximum absolute atomic E-state index is 11.8. The molecule has 30 heavy (non-hydrogen) atoms. The third-order valence-corrected chi connectivity index (χ3v) is 5.63. The van der Waals surface area contributed by atoms with Crippen LogP contribution in [0.2, 0.25) is 0 Å². The van der Waals surface area contributed by atoms with E-state index in [-0.39, 0.29) is 16.6 Å². The van der Waals surface area contributed by atoms with E-state index in [0.29, 0.717) is 18.1 Å². The van der Waals surface area contributed by atoms with Crippen LogP contribution < -0.4 is 4.90 Å². The van der Waals surface area contributed by atoms with Crippen LogP contribution in [0.1, 0.15) is 30.1 Å². The van der Waals surface area contributed by atoms with Crippen molar-refractivity contribution in [2.45, 2.75) is 26.3 Å². The Morgan fingerprint density at radius 1 is 1.20 bits per heavy atom. The molecular formula is C22H24N4O4. The molecule has 1 aliphatic rings. The van der Waals surface area contributed by atoms with Crippen molar-refractivity contribution >= 4 is 28.2 Å². The molecule has 4 rings (SSSR count).